The number of aromatic carboxylic acids is 1. The molecule has 15 heavy (non-hydrogen) atoms. The number of nitrogens with zero attached hydrogens (tertiary/aromatic N) is 1. The number of anilines is 1. The summed E-state index contributed by atoms with van der Waals surface area (Å²) in [5, 5.41) is 8.81. The average molecular weight is 206 g/mol. The van der Waals surface area contributed by atoms with Crippen LogP contribution in [0.1, 0.15) is 15.9 Å². The number of rotatable bonds is 1. The van der Waals surface area contributed by atoms with Gasteiger partial charge < -0.3 is 10.8 Å². The lowest BCUT2D eigenvalue weighted by Crippen LogP contribution is -2.34. The minimum absolute atomic E-state index is 0.168. The van der Waals surface area contributed by atoms with Crippen molar-refractivity contribution in [3.63, 3.8) is 0 Å². The van der Waals surface area contributed by atoms with Crippen molar-refractivity contribution in [1.82, 2.24) is 0 Å². The molecule has 0 unspecified atom stereocenters. The Balaban J connectivity index is 2.46. The van der Waals surface area contributed by atoms with E-state index in [1.165, 1.54) is 17.0 Å². The monoisotopic (exact) mass is 206 g/mol. The number of benzene rings is 1. The summed E-state index contributed by atoms with van der Waals surface area (Å²) in [6.45, 7) is 0.522. The number of carbonyl (C=O) groups is 2. The Morgan fingerprint density at radius 1 is 1.40 bits per heavy atom. The molecule has 0 saturated heterocycles. The zero-order valence-corrected chi connectivity index (χ0v) is 7.93. The highest BCUT2D eigenvalue weighted by Gasteiger charge is 2.23. The van der Waals surface area contributed by atoms with Gasteiger partial charge >= 0.3 is 12.0 Å². The number of fused-ring (bicyclic) bond motifs is 1. The SMILES string of the molecule is NC(=O)N1CCc2ccc(C(=O)O)cc21. The quantitative estimate of drug-likeness (QED) is 0.713. The highest BCUT2D eigenvalue weighted by atomic mass is 16.4. The molecule has 0 radical (unpaired) electrons. The molecule has 1 aliphatic rings. The van der Waals surface area contributed by atoms with Crippen LogP contribution in [0.3, 0.4) is 0 Å². The zero-order chi connectivity index (χ0) is 11.0. The number of hydrogen-bond donors (Lipinski definition) is 2. The van der Waals surface area contributed by atoms with Crippen LogP contribution < -0.4 is 10.6 Å². The van der Waals surface area contributed by atoms with E-state index >= 15 is 0 Å². The van der Waals surface area contributed by atoms with Crippen molar-refractivity contribution in [2.45, 2.75) is 6.42 Å². The molecule has 2 rings (SSSR count). The zero-order valence-electron chi connectivity index (χ0n) is 7.93. The molecule has 78 valence electrons. The van der Waals surface area contributed by atoms with E-state index in [0.717, 1.165) is 12.0 Å². The van der Waals surface area contributed by atoms with Crippen molar-refractivity contribution in [2.75, 3.05) is 11.4 Å². The molecular formula is C10H10N2O3. The Morgan fingerprint density at radius 3 is 2.73 bits per heavy atom. The van der Waals surface area contributed by atoms with Gasteiger partial charge in [0, 0.05) is 12.2 Å². The lowest BCUT2D eigenvalue weighted by molar-refractivity contribution is 0.0697. The topological polar surface area (TPSA) is 83.6 Å². The summed E-state index contributed by atoms with van der Waals surface area (Å²) in [5.41, 5.74) is 6.92. The molecule has 0 aliphatic carbocycles. The predicted molar refractivity (Wildman–Crippen MR) is 54.0 cm³/mol. The normalized spacial score (nSPS) is 13.7. The summed E-state index contributed by atoms with van der Waals surface area (Å²) in [6, 6.07) is 4.19. The Labute approximate surface area is 86.1 Å². The van der Waals surface area contributed by atoms with E-state index in [-0.39, 0.29) is 5.56 Å². The standard InChI is InChI=1S/C10H10N2O3/c11-10(15)12-4-3-6-1-2-7(9(13)14)5-8(6)12/h1-2,5H,3-4H2,(H2,11,15)(H,13,14). The van der Waals surface area contributed by atoms with Crippen LogP contribution in [0.2, 0.25) is 0 Å². The molecule has 0 spiro atoms. The number of nitrogens with two attached hydrogens (primary N) is 1. The van der Waals surface area contributed by atoms with Crippen molar-refractivity contribution < 1.29 is 14.7 Å². The van der Waals surface area contributed by atoms with Gasteiger partial charge in [0.15, 0.2) is 0 Å². The van der Waals surface area contributed by atoms with Gasteiger partial charge in [-0.3, -0.25) is 4.90 Å². The van der Waals surface area contributed by atoms with Crippen LogP contribution in [0.25, 0.3) is 0 Å². The number of carboxylic acid groups (broad SMARTS) is 1. The van der Waals surface area contributed by atoms with Crippen molar-refractivity contribution in [3.8, 4) is 0 Å². The molecular weight excluding hydrogens is 196 g/mol. The molecule has 2 amide bonds. The van der Waals surface area contributed by atoms with E-state index in [1.54, 1.807) is 6.07 Å². The lowest BCUT2D eigenvalue weighted by Gasteiger charge is -2.13. The molecule has 0 fully saturated rings. The van der Waals surface area contributed by atoms with Gasteiger partial charge in [0.25, 0.3) is 0 Å². The van der Waals surface area contributed by atoms with Crippen molar-refractivity contribution in [3.05, 3.63) is 29.3 Å². The molecule has 0 aromatic heterocycles. The van der Waals surface area contributed by atoms with E-state index in [4.69, 9.17) is 10.8 Å². The Hall–Kier alpha value is -2.04. The first kappa shape index (κ1) is 9.51. The first-order valence-corrected chi connectivity index (χ1v) is 4.53. The minimum Gasteiger partial charge on any atom is -0.478 e. The minimum atomic E-state index is -1.01. The first-order chi connectivity index (χ1) is 7.09. The molecule has 5 nitrogen and oxygen atoms in total. The molecule has 1 aromatic carbocycles. The highest BCUT2D eigenvalue weighted by molar-refractivity contribution is 5.96. The molecule has 0 atom stereocenters. The summed E-state index contributed by atoms with van der Waals surface area (Å²) in [4.78, 5) is 23.2. The molecule has 1 aliphatic heterocycles. The summed E-state index contributed by atoms with van der Waals surface area (Å²) < 4.78 is 0. The molecule has 0 saturated carbocycles. The maximum absolute atomic E-state index is 11.0. The van der Waals surface area contributed by atoms with Crippen LogP contribution in [-0.4, -0.2) is 23.7 Å². The van der Waals surface area contributed by atoms with Gasteiger partial charge in [-0.2, -0.15) is 0 Å². The highest BCUT2D eigenvalue weighted by Crippen LogP contribution is 2.28. The third-order valence-corrected chi connectivity index (χ3v) is 2.49. The Morgan fingerprint density at radius 2 is 2.13 bits per heavy atom. The van der Waals surface area contributed by atoms with E-state index in [2.05, 4.69) is 0 Å². The molecule has 3 N–H and O–H groups in total. The number of carboxylic acids is 1. The third-order valence-electron chi connectivity index (χ3n) is 2.49. The smallest absolute Gasteiger partial charge is 0.335 e. The predicted octanol–water partition coefficient (Wildman–Crippen LogP) is 0.826. The van der Waals surface area contributed by atoms with Gasteiger partial charge in [-0.1, -0.05) is 6.07 Å². The lowest BCUT2D eigenvalue weighted by atomic mass is 10.1. The molecule has 5 heteroatoms. The maximum atomic E-state index is 11.0. The van der Waals surface area contributed by atoms with Crippen LogP contribution in [0.5, 0.6) is 0 Å². The van der Waals surface area contributed by atoms with Crippen LogP contribution in [0.15, 0.2) is 18.2 Å². The number of urea groups is 1. The second-order valence-corrected chi connectivity index (χ2v) is 3.39. The maximum Gasteiger partial charge on any atom is 0.335 e. The Kier molecular flexibility index (Phi) is 2.07. The van der Waals surface area contributed by atoms with E-state index in [0.29, 0.717) is 12.2 Å². The summed E-state index contributed by atoms with van der Waals surface area (Å²) >= 11 is 0. The van der Waals surface area contributed by atoms with E-state index in [9.17, 15) is 9.59 Å². The van der Waals surface area contributed by atoms with Gasteiger partial charge in [-0.15, -0.1) is 0 Å². The van der Waals surface area contributed by atoms with Crippen LogP contribution >= 0.6 is 0 Å². The number of amides is 2. The number of carbonyl (C=O) groups excluding carboxylic acids is 1. The fourth-order valence-electron chi connectivity index (χ4n) is 1.74. The summed E-state index contributed by atoms with van der Waals surface area (Å²) in [7, 11) is 0. The Bertz CT molecular complexity index is 442. The van der Waals surface area contributed by atoms with E-state index < -0.39 is 12.0 Å². The molecule has 1 aromatic rings. The molecule has 0 bridgehead atoms. The van der Waals surface area contributed by atoms with Crippen molar-refractivity contribution >= 4 is 17.7 Å². The van der Waals surface area contributed by atoms with Gasteiger partial charge in [0.05, 0.1) is 5.56 Å². The summed E-state index contributed by atoms with van der Waals surface area (Å²) in [5.74, 6) is -1.01. The summed E-state index contributed by atoms with van der Waals surface area (Å²) in [6.07, 6.45) is 0.720. The van der Waals surface area contributed by atoms with Crippen LogP contribution in [-0.2, 0) is 6.42 Å². The number of hydrogen-bond acceptors (Lipinski definition) is 2. The second-order valence-electron chi connectivity index (χ2n) is 3.39. The van der Waals surface area contributed by atoms with Gasteiger partial charge in [-0.05, 0) is 24.1 Å². The second kappa shape index (κ2) is 3.27. The fraction of sp³-hybridized carbons (Fsp3) is 0.200. The van der Waals surface area contributed by atoms with Crippen molar-refractivity contribution in [1.29, 1.82) is 0 Å². The van der Waals surface area contributed by atoms with Gasteiger partial charge in [-0.25, -0.2) is 9.59 Å². The van der Waals surface area contributed by atoms with E-state index in [1.807, 2.05) is 0 Å². The van der Waals surface area contributed by atoms with Gasteiger partial charge in [0.1, 0.15) is 0 Å². The van der Waals surface area contributed by atoms with Crippen LogP contribution in [0.4, 0.5) is 10.5 Å². The van der Waals surface area contributed by atoms with Gasteiger partial charge in [0.2, 0.25) is 0 Å². The first-order valence-electron chi connectivity index (χ1n) is 4.53. The number of primary amides is 1. The molecule has 1 heterocycles. The van der Waals surface area contributed by atoms with Crippen molar-refractivity contribution in [2.24, 2.45) is 5.73 Å². The van der Waals surface area contributed by atoms with Crippen LogP contribution in [0, 0.1) is 0 Å². The largest absolute Gasteiger partial charge is 0.478 e. The fourth-order valence-corrected chi connectivity index (χ4v) is 1.74. The average Bonchev–Trinajstić information content (AvgIpc) is 2.59. The third kappa shape index (κ3) is 1.52.